The van der Waals surface area contributed by atoms with E-state index in [9.17, 15) is 5.11 Å². The van der Waals surface area contributed by atoms with Crippen LogP contribution in [0.4, 0.5) is 0 Å². The van der Waals surface area contributed by atoms with Crippen molar-refractivity contribution in [3.63, 3.8) is 0 Å². The smallest absolute Gasteiger partial charge is 0.124 e. The Labute approximate surface area is 178 Å². The maximum Gasteiger partial charge on any atom is 0.124 e. The number of hydrogen-bond acceptors (Lipinski definition) is 2. The van der Waals surface area contributed by atoms with E-state index in [0.29, 0.717) is 10.6 Å². The van der Waals surface area contributed by atoms with Gasteiger partial charge in [0.25, 0.3) is 0 Å². The van der Waals surface area contributed by atoms with Crippen LogP contribution in [-0.4, -0.2) is 17.9 Å². The fraction of sp³-hybridized carbons (Fsp3) is 0.720. The molecule has 0 amide bonds. The first-order valence-corrected chi connectivity index (χ1v) is 12.1. The Hall–Kier alpha value is -1.02. The Balaban J connectivity index is 1.82. The third kappa shape index (κ3) is 14.0. The summed E-state index contributed by atoms with van der Waals surface area (Å²) in [4.78, 5) is 4.40. The first kappa shape index (κ1) is 25.0. The largest absolute Gasteiger partial charge is 0.507 e. The van der Waals surface area contributed by atoms with Crippen LogP contribution in [0.1, 0.15) is 115 Å². The molecule has 28 heavy (non-hydrogen) atoms. The zero-order valence-electron chi connectivity index (χ0n) is 18.1. The van der Waals surface area contributed by atoms with E-state index in [1.807, 2.05) is 0 Å². The molecule has 0 aliphatic rings. The summed E-state index contributed by atoms with van der Waals surface area (Å²) in [5.74, 6) is 0.236. The molecule has 0 fully saturated rings. The monoisotopic (exact) mass is 407 g/mol. The Morgan fingerprint density at radius 1 is 0.750 bits per heavy atom. The molecule has 0 aromatic heterocycles. The topological polar surface area (TPSA) is 32.6 Å². The van der Waals surface area contributed by atoms with Crippen LogP contribution < -0.4 is 0 Å². The molecule has 3 heteroatoms. The Morgan fingerprint density at radius 3 is 1.71 bits per heavy atom. The summed E-state index contributed by atoms with van der Waals surface area (Å²) >= 11 is 5.93. The lowest BCUT2D eigenvalue weighted by Gasteiger charge is -2.03. The number of benzene rings is 1. The molecule has 0 saturated heterocycles. The second-order valence-electron chi connectivity index (χ2n) is 8.04. The molecule has 0 aliphatic heterocycles. The molecule has 0 bridgehead atoms. The van der Waals surface area contributed by atoms with Gasteiger partial charge in [-0.2, -0.15) is 0 Å². The quantitative estimate of drug-likeness (QED) is 0.191. The molecule has 0 unspecified atom stereocenters. The fourth-order valence-corrected chi connectivity index (χ4v) is 3.72. The summed E-state index contributed by atoms with van der Waals surface area (Å²) in [6.45, 7) is 3.11. The maximum absolute atomic E-state index is 9.73. The highest BCUT2D eigenvalue weighted by Crippen LogP contribution is 2.19. The highest BCUT2D eigenvalue weighted by molar-refractivity contribution is 6.30. The molecule has 0 spiro atoms. The van der Waals surface area contributed by atoms with Gasteiger partial charge in [-0.25, -0.2) is 0 Å². The average molecular weight is 408 g/mol. The predicted octanol–water partition coefficient (Wildman–Crippen LogP) is 8.73. The van der Waals surface area contributed by atoms with Gasteiger partial charge in [0.1, 0.15) is 5.75 Å². The van der Waals surface area contributed by atoms with E-state index in [0.717, 1.165) is 13.0 Å². The zero-order chi connectivity index (χ0) is 20.3. The van der Waals surface area contributed by atoms with Crippen LogP contribution in [0.5, 0.6) is 5.75 Å². The average Bonchev–Trinajstić information content (AvgIpc) is 2.69. The highest BCUT2D eigenvalue weighted by Gasteiger charge is 1.98. The number of phenols is 1. The summed E-state index contributed by atoms with van der Waals surface area (Å²) in [5, 5.41) is 10.4. The molecule has 1 N–H and O–H groups in total. The molecular formula is C25H42ClNO. The van der Waals surface area contributed by atoms with E-state index in [2.05, 4.69) is 11.9 Å². The van der Waals surface area contributed by atoms with Gasteiger partial charge in [0.2, 0.25) is 0 Å². The van der Waals surface area contributed by atoms with Crippen molar-refractivity contribution < 1.29 is 5.11 Å². The van der Waals surface area contributed by atoms with Crippen LogP contribution in [0, 0.1) is 0 Å². The Bertz CT molecular complexity index is 515. The van der Waals surface area contributed by atoms with Crippen LogP contribution >= 0.6 is 11.6 Å². The van der Waals surface area contributed by atoms with E-state index in [1.54, 1.807) is 24.4 Å². The van der Waals surface area contributed by atoms with Crippen LogP contribution in [0.3, 0.4) is 0 Å². The number of nitrogens with zero attached hydrogens (tertiary/aromatic N) is 1. The van der Waals surface area contributed by atoms with Gasteiger partial charge in [0, 0.05) is 23.3 Å². The van der Waals surface area contributed by atoms with E-state index < -0.39 is 0 Å². The fourth-order valence-electron chi connectivity index (χ4n) is 3.54. The van der Waals surface area contributed by atoms with E-state index in [4.69, 9.17) is 11.6 Å². The van der Waals surface area contributed by atoms with Gasteiger partial charge in [-0.05, 0) is 24.6 Å². The number of aliphatic imine (C=N–C) groups is 1. The number of hydrogen-bond donors (Lipinski definition) is 1. The Morgan fingerprint density at radius 2 is 1.21 bits per heavy atom. The van der Waals surface area contributed by atoms with Gasteiger partial charge in [-0.1, -0.05) is 115 Å². The van der Waals surface area contributed by atoms with Crippen LogP contribution in [0.2, 0.25) is 5.02 Å². The van der Waals surface area contributed by atoms with Crippen molar-refractivity contribution in [3.05, 3.63) is 28.8 Å². The lowest BCUT2D eigenvalue weighted by Crippen LogP contribution is -1.87. The van der Waals surface area contributed by atoms with Crippen molar-refractivity contribution in [1.82, 2.24) is 0 Å². The number of unbranched alkanes of at least 4 members (excludes halogenated alkanes) is 15. The normalized spacial score (nSPS) is 11.5. The predicted molar refractivity (Wildman–Crippen MR) is 125 cm³/mol. The van der Waals surface area contributed by atoms with E-state index in [-0.39, 0.29) is 5.75 Å². The second kappa shape index (κ2) is 18.0. The summed E-state index contributed by atoms with van der Waals surface area (Å²) in [6.07, 6.45) is 23.8. The van der Waals surface area contributed by atoms with Crippen molar-refractivity contribution >= 4 is 17.8 Å². The summed E-state index contributed by atoms with van der Waals surface area (Å²) in [6, 6.07) is 5.04. The van der Waals surface area contributed by atoms with Gasteiger partial charge < -0.3 is 5.11 Å². The summed E-state index contributed by atoms with van der Waals surface area (Å²) in [7, 11) is 0. The minimum absolute atomic E-state index is 0.236. The van der Waals surface area contributed by atoms with Crippen molar-refractivity contribution in [1.29, 1.82) is 0 Å². The summed E-state index contributed by atoms with van der Waals surface area (Å²) in [5.41, 5.74) is 0.698. The second-order valence-corrected chi connectivity index (χ2v) is 8.48. The van der Waals surface area contributed by atoms with Crippen molar-refractivity contribution in [2.45, 2.75) is 110 Å². The Kier molecular flexibility index (Phi) is 16.1. The van der Waals surface area contributed by atoms with E-state index >= 15 is 0 Å². The first-order chi connectivity index (χ1) is 13.7. The lowest BCUT2D eigenvalue weighted by molar-refractivity contribution is 0.474. The number of halogens is 1. The van der Waals surface area contributed by atoms with Crippen LogP contribution in [0.15, 0.2) is 23.2 Å². The molecule has 1 rings (SSSR count). The van der Waals surface area contributed by atoms with Gasteiger partial charge in [0.05, 0.1) is 0 Å². The minimum Gasteiger partial charge on any atom is -0.507 e. The standard InChI is InChI=1S/C25H42ClNO/c1-2-3-4-5-6-7-8-9-10-11-12-13-14-15-16-17-20-27-22-23-21-24(26)18-19-25(23)28/h18-19,21-22,28H,2-17,20H2,1H3. The minimum atomic E-state index is 0.236. The maximum atomic E-state index is 9.73. The number of aromatic hydroxyl groups is 1. The lowest BCUT2D eigenvalue weighted by atomic mass is 10.0. The molecule has 0 heterocycles. The number of phenolic OH excluding ortho intramolecular Hbond substituents is 1. The molecule has 1 aromatic carbocycles. The van der Waals surface area contributed by atoms with Crippen molar-refractivity contribution in [3.8, 4) is 5.75 Å². The summed E-state index contributed by atoms with van der Waals surface area (Å²) < 4.78 is 0. The molecule has 160 valence electrons. The first-order valence-electron chi connectivity index (χ1n) is 11.7. The SMILES string of the molecule is CCCCCCCCCCCCCCCCCCN=Cc1cc(Cl)ccc1O. The van der Waals surface area contributed by atoms with Gasteiger partial charge in [0.15, 0.2) is 0 Å². The molecule has 0 atom stereocenters. The molecule has 1 aromatic rings. The third-order valence-electron chi connectivity index (χ3n) is 5.36. The van der Waals surface area contributed by atoms with Gasteiger partial charge in [-0.3, -0.25) is 4.99 Å². The molecular weight excluding hydrogens is 366 g/mol. The van der Waals surface area contributed by atoms with Gasteiger partial charge in [-0.15, -0.1) is 0 Å². The molecule has 0 radical (unpaired) electrons. The van der Waals surface area contributed by atoms with Crippen molar-refractivity contribution in [2.75, 3.05) is 6.54 Å². The van der Waals surface area contributed by atoms with Gasteiger partial charge >= 0.3 is 0 Å². The molecule has 2 nitrogen and oxygen atoms in total. The third-order valence-corrected chi connectivity index (χ3v) is 5.60. The molecule has 0 aliphatic carbocycles. The zero-order valence-corrected chi connectivity index (χ0v) is 18.9. The van der Waals surface area contributed by atoms with Crippen LogP contribution in [-0.2, 0) is 0 Å². The highest BCUT2D eigenvalue weighted by atomic mass is 35.5. The van der Waals surface area contributed by atoms with E-state index in [1.165, 1.54) is 96.3 Å². The van der Waals surface area contributed by atoms with Crippen LogP contribution in [0.25, 0.3) is 0 Å². The number of rotatable bonds is 18. The molecule has 0 saturated carbocycles. The van der Waals surface area contributed by atoms with Crippen molar-refractivity contribution in [2.24, 2.45) is 4.99 Å².